The maximum Gasteiger partial charge on any atom is 0.261 e. The normalized spacial score (nSPS) is 15.3. The van der Waals surface area contributed by atoms with Crippen LogP contribution in [0.15, 0.2) is 30.3 Å². The Labute approximate surface area is 164 Å². The average Bonchev–Trinajstić information content (AvgIpc) is 3.23. The number of nitrogens with one attached hydrogen (secondary N) is 1. The second-order valence-corrected chi connectivity index (χ2v) is 8.36. The van der Waals surface area contributed by atoms with E-state index in [1.165, 1.54) is 54.8 Å². The van der Waals surface area contributed by atoms with Gasteiger partial charge in [0, 0.05) is 25.5 Å². The molecule has 4 rings (SSSR count). The molecule has 0 radical (unpaired) electrons. The third-order valence-corrected chi connectivity index (χ3v) is 6.52. The van der Waals surface area contributed by atoms with Crippen LogP contribution in [0, 0.1) is 6.92 Å². The summed E-state index contributed by atoms with van der Waals surface area (Å²) < 4.78 is 1.85. The van der Waals surface area contributed by atoms with Crippen LogP contribution < -0.4 is 5.32 Å². The molecule has 1 amide bonds. The predicted molar refractivity (Wildman–Crippen MR) is 110 cm³/mol. The minimum atomic E-state index is -0.0108. The Morgan fingerprint density at radius 3 is 2.67 bits per heavy atom. The highest BCUT2D eigenvalue weighted by atomic mass is 32.1. The van der Waals surface area contributed by atoms with E-state index in [0.29, 0.717) is 6.54 Å². The molecule has 0 aliphatic carbocycles. The number of likely N-dealkylation sites (tertiary alicyclic amines) is 1. The quantitative estimate of drug-likeness (QED) is 0.729. The number of amides is 1. The van der Waals surface area contributed by atoms with Gasteiger partial charge in [0.25, 0.3) is 5.91 Å². The van der Waals surface area contributed by atoms with Crippen molar-refractivity contribution in [1.82, 2.24) is 20.0 Å². The zero-order valence-electron chi connectivity index (χ0n) is 16.0. The zero-order valence-corrected chi connectivity index (χ0v) is 16.8. The number of fused-ring (bicyclic) bond motifs is 1. The van der Waals surface area contributed by atoms with Gasteiger partial charge >= 0.3 is 0 Å². The van der Waals surface area contributed by atoms with E-state index in [1.54, 1.807) is 0 Å². The van der Waals surface area contributed by atoms with Gasteiger partial charge in [-0.1, -0.05) is 30.7 Å². The van der Waals surface area contributed by atoms with Crippen molar-refractivity contribution in [2.24, 2.45) is 7.05 Å². The summed E-state index contributed by atoms with van der Waals surface area (Å²) in [5.41, 5.74) is 3.49. The molecule has 5 nitrogen and oxygen atoms in total. The lowest BCUT2D eigenvalue weighted by Crippen LogP contribution is -2.30. The van der Waals surface area contributed by atoms with Crippen LogP contribution in [0.2, 0.25) is 0 Å². The van der Waals surface area contributed by atoms with Crippen LogP contribution >= 0.6 is 11.3 Å². The summed E-state index contributed by atoms with van der Waals surface area (Å²) >= 11 is 1.50. The maximum absolute atomic E-state index is 12.7. The first-order valence-corrected chi connectivity index (χ1v) is 10.4. The van der Waals surface area contributed by atoms with Gasteiger partial charge in [-0.25, -0.2) is 0 Å². The number of carbonyl (C=O) groups is 1. The van der Waals surface area contributed by atoms with Crippen LogP contribution in [0.25, 0.3) is 10.2 Å². The van der Waals surface area contributed by atoms with E-state index in [4.69, 9.17) is 0 Å². The lowest BCUT2D eigenvalue weighted by Gasteiger charge is -2.27. The Bertz CT molecular complexity index is 918. The fourth-order valence-electron chi connectivity index (χ4n) is 3.82. The molecule has 0 unspecified atom stereocenters. The van der Waals surface area contributed by atoms with Crippen molar-refractivity contribution in [3.8, 4) is 0 Å². The summed E-state index contributed by atoms with van der Waals surface area (Å²) in [6.07, 6.45) is 3.93. The Morgan fingerprint density at radius 1 is 1.19 bits per heavy atom. The number of rotatable bonds is 5. The van der Waals surface area contributed by atoms with Crippen LogP contribution in [-0.4, -0.2) is 33.7 Å². The number of aromatic nitrogens is 2. The van der Waals surface area contributed by atoms with Crippen molar-refractivity contribution in [1.29, 1.82) is 0 Å². The maximum atomic E-state index is 12.7. The molecule has 1 saturated heterocycles. The molecular weight excluding hydrogens is 356 g/mol. The molecule has 1 aliphatic heterocycles. The second-order valence-electron chi connectivity index (χ2n) is 7.33. The van der Waals surface area contributed by atoms with Crippen molar-refractivity contribution in [2.45, 2.75) is 39.3 Å². The molecule has 3 heterocycles. The topological polar surface area (TPSA) is 50.2 Å². The molecule has 6 heteroatoms. The molecule has 142 valence electrons. The first kappa shape index (κ1) is 18.2. The lowest BCUT2D eigenvalue weighted by molar-refractivity contribution is 0.0955. The summed E-state index contributed by atoms with van der Waals surface area (Å²) in [6.45, 7) is 5.87. The Morgan fingerprint density at radius 2 is 1.93 bits per heavy atom. The lowest BCUT2D eigenvalue weighted by atomic mass is 10.0. The first-order chi connectivity index (χ1) is 13.1. The van der Waals surface area contributed by atoms with Gasteiger partial charge in [-0.2, -0.15) is 5.10 Å². The summed E-state index contributed by atoms with van der Waals surface area (Å²) in [6, 6.07) is 10.4. The molecular formula is C21H26N4OS. The summed E-state index contributed by atoms with van der Waals surface area (Å²) in [5.74, 6) is -0.0108. The van der Waals surface area contributed by atoms with Gasteiger partial charge in [-0.05, 0) is 50.0 Å². The number of thiophene rings is 1. The molecule has 0 saturated carbocycles. The summed E-state index contributed by atoms with van der Waals surface area (Å²) in [5, 5.41) is 8.58. The molecule has 0 atom stereocenters. The highest BCUT2D eigenvalue weighted by molar-refractivity contribution is 7.20. The van der Waals surface area contributed by atoms with Gasteiger partial charge in [0.1, 0.15) is 4.83 Å². The van der Waals surface area contributed by atoms with Crippen molar-refractivity contribution in [3.05, 3.63) is 52.0 Å². The van der Waals surface area contributed by atoms with Gasteiger partial charge in [-0.15, -0.1) is 11.3 Å². The van der Waals surface area contributed by atoms with Crippen molar-refractivity contribution < 1.29 is 4.79 Å². The first-order valence-electron chi connectivity index (χ1n) is 9.62. The van der Waals surface area contributed by atoms with Gasteiger partial charge in [0.15, 0.2) is 0 Å². The number of aryl methyl sites for hydroxylation is 2. The summed E-state index contributed by atoms with van der Waals surface area (Å²) in [7, 11) is 1.92. The number of hydrogen-bond donors (Lipinski definition) is 1. The standard InChI is InChI=1S/C21H26N4OS/c1-15-18-12-19(27-21(18)24(2)23-15)20(26)22-13-16-8-4-5-9-17(16)14-25-10-6-3-7-11-25/h4-5,8-9,12H,3,6-7,10-11,13-14H2,1-2H3,(H,22,26). The minimum Gasteiger partial charge on any atom is -0.347 e. The van der Waals surface area contributed by atoms with E-state index < -0.39 is 0 Å². The van der Waals surface area contributed by atoms with Gasteiger partial charge in [0.2, 0.25) is 0 Å². The fraction of sp³-hybridized carbons (Fsp3) is 0.429. The smallest absolute Gasteiger partial charge is 0.261 e. The SMILES string of the molecule is Cc1nn(C)c2sc(C(=O)NCc3ccccc3CN3CCCCC3)cc12. The monoisotopic (exact) mass is 382 g/mol. The Kier molecular flexibility index (Phi) is 5.27. The van der Waals surface area contributed by atoms with Gasteiger partial charge in [-0.3, -0.25) is 14.4 Å². The Hall–Kier alpha value is -2.18. The van der Waals surface area contributed by atoms with Gasteiger partial charge in [0.05, 0.1) is 10.6 Å². The van der Waals surface area contributed by atoms with E-state index in [2.05, 4.69) is 39.6 Å². The highest BCUT2D eigenvalue weighted by Crippen LogP contribution is 2.27. The van der Waals surface area contributed by atoms with E-state index in [1.807, 2.05) is 24.7 Å². The van der Waals surface area contributed by atoms with Crippen molar-refractivity contribution in [2.75, 3.05) is 13.1 Å². The number of benzene rings is 1. The van der Waals surface area contributed by atoms with E-state index in [-0.39, 0.29) is 5.91 Å². The third kappa shape index (κ3) is 3.92. The second kappa shape index (κ2) is 7.82. The van der Waals surface area contributed by atoms with E-state index >= 15 is 0 Å². The number of piperidine rings is 1. The molecule has 1 N–H and O–H groups in total. The van der Waals surface area contributed by atoms with Gasteiger partial charge < -0.3 is 5.32 Å². The number of hydrogen-bond acceptors (Lipinski definition) is 4. The van der Waals surface area contributed by atoms with Crippen LogP contribution in [0.5, 0.6) is 0 Å². The molecule has 0 bridgehead atoms. The van der Waals surface area contributed by atoms with Crippen molar-refractivity contribution >= 4 is 27.5 Å². The average molecular weight is 383 g/mol. The molecule has 1 aliphatic rings. The third-order valence-electron chi connectivity index (χ3n) is 5.32. The van der Waals surface area contributed by atoms with Crippen LogP contribution in [0.4, 0.5) is 0 Å². The number of carbonyl (C=O) groups excluding carboxylic acids is 1. The number of nitrogens with zero attached hydrogens (tertiary/aromatic N) is 3. The molecule has 0 spiro atoms. The largest absolute Gasteiger partial charge is 0.347 e. The van der Waals surface area contributed by atoms with Crippen molar-refractivity contribution in [3.63, 3.8) is 0 Å². The molecule has 1 aromatic carbocycles. The highest BCUT2D eigenvalue weighted by Gasteiger charge is 2.16. The molecule has 2 aromatic heterocycles. The zero-order chi connectivity index (χ0) is 18.8. The molecule has 1 fully saturated rings. The van der Waals surface area contributed by atoms with E-state index in [0.717, 1.165) is 27.3 Å². The van der Waals surface area contributed by atoms with Crippen LogP contribution in [0.1, 0.15) is 45.8 Å². The van der Waals surface area contributed by atoms with E-state index in [9.17, 15) is 4.79 Å². The molecule has 27 heavy (non-hydrogen) atoms. The van der Waals surface area contributed by atoms with Crippen LogP contribution in [-0.2, 0) is 20.1 Å². The predicted octanol–water partition coefficient (Wildman–Crippen LogP) is 3.86. The summed E-state index contributed by atoms with van der Waals surface area (Å²) in [4.78, 5) is 17.0. The minimum absolute atomic E-state index is 0.0108. The fourth-order valence-corrected chi connectivity index (χ4v) is 4.86. The Balaban J connectivity index is 1.44. The molecule has 3 aromatic rings. The van der Waals surface area contributed by atoms with Crippen LogP contribution in [0.3, 0.4) is 0 Å².